The summed E-state index contributed by atoms with van der Waals surface area (Å²) in [6, 6.07) is 6.31. The lowest BCUT2D eigenvalue weighted by Gasteiger charge is -2.04. The second-order valence-electron chi connectivity index (χ2n) is 4.49. The first kappa shape index (κ1) is 11.2. The Morgan fingerprint density at radius 3 is 2.94 bits per heavy atom. The van der Waals surface area contributed by atoms with Crippen LogP contribution in [0.3, 0.4) is 0 Å². The SMILES string of the molecule is Cc1ccc2c(c1)[nH]c(=S)n2Cc1nccn1C. The van der Waals surface area contributed by atoms with Gasteiger partial charge in [0.2, 0.25) is 0 Å². The molecular weight excluding hydrogens is 244 g/mol. The molecule has 92 valence electrons. The van der Waals surface area contributed by atoms with Crippen LogP contribution in [-0.2, 0) is 13.6 Å². The summed E-state index contributed by atoms with van der Waals surface area (Å²) >= 11 is 5.38. The molecule has 3 rings (SSSR count). The standard InChI is InChI=1S/C13H14N4S/c1-9-3-4-11-10(7-9)15-13(18)17(11)8-12-14-5-6-16(12)2/h3-7H,8H2,1-2H3,(H,15,18). The zero-order chi connectivity index (χ0) is 12.7. The molecule has 4 nitrogen and oxygen atoms in total. The van der Waals surface area contributed by atoms with Crippen LogP contribution < -0.4 is 0 Å². The number of aromatic amines is 1. The van der Waals surface area contributed by atoms with E-state index >= 15 is 0 Å². The third kappa shape index (κ3) is 1.76. The number of rotatable bonds is 2. The van der Waals surface area contributed by atoms with Gasteiger partial charge in [0.25, 0.3) is 0 Å². The molecule has 0 atom stereocenters. The molecule has 0 bridgehead atoms. The van der Waals surface area contributed by atoms with E-state index < -0.39 is 0 Å². The minimum atomic E-state index is 0.686. The minimum absolute atomic E-state index is 0.686. The molecule has 0 aliphatic heterocycles. The van der Waals surface area contributed by atoms with Crippen LogP contribution in [0.25, 0.3) is 11.0 Å². The highest BCUT2D eigenvalue weighted by Crippen LogP contribution is 2.16. The first-order chi connectivity index (χ1) is 8.65. The van der Waals surface area contributed by atoms with Gasteiger partial charge in [0, 0.05) is 19.4 Å². The minimum Gasteiger partial charge on any atom is -0.337 e. The Bertz CT molecular complexity index is 763. The summed E-state index contributed by atoms with van der Waals surface area (Å²) in [7, 11) is 1.99. The number of imidazole rings is 2. The van der Waals surface area contributed by atoms with Gasteiger partial charge >= 0.3 is 0 Å². The van der Waals surface area contributed by atoms with Crippen LogP contribution in [0.4, 0.5) is 0 Å². The number of hydrogen-bond acceptors (Lipinski definition) is 2. The first-order valence-electron chi connectivity index (χ1n) is 5.80. The monoisotopic (exact) mass is 258 g/mol. The van der Waals surface area contributed by atoms with Crippen molar-refractivity contribution in [1.82, 2.24) is 19.1 Å². The van der Waals surface area contributed by atoms with Crippen molar-refractivity contribution < 1.29 is 0 Å². The van der Waals surface area contributed by atoms with Crippen molar-refractivity contribution in [2.45, 2.75) is 13.5 Å². The quantitative estimate of drug-likeness (QED) is 0.718. The predicted molar refractivity (Wildman–Crippen MR) is 74.2 cm³/mol. The molecule has 0 unspecified atom stereocenters. The fourth-order valence-corrected chi connectivity index (χ4v) is 2.40. The van der Waals surface area contributed by atoms with Gasteiger partial charge in [0.05, 0.1) is 17.6 Å². The van der Waals surface area contributed by atoms with Crippen LogP contribution in [0.5, 0.6) is 0 Å². The van der Waals surface area contributed by atoms with Crippen molar-refractivity contribution >= 4 is 23.3 Å². The van der Waals surface area contributed by atoms with E-state index in [1.807, 2.05) is 17.8 Å². The highest BCUT2D eigenvalue weighted by molar-refractivity contribution is 7.71. The Kier molecular flexibility index (Phi) is 2.56. The fourth-order valence-electron chi connectivity index (χ4n) is 2.12. The van der Waals surface area contributed by atoms with Crippen LogP contribution in [-0.4, -0.2) is 19.1 Å². The second-order valence-corrected chi connectivity index (χ2v) is 4.88. The maximum absolute atomic E-state index is 5.38. The first-order valence-corrected chi connectivity index (χ1v) is 6.21. The highest BCUT2D eigenvalue weighted by atomic mass is 32.1. The van der Waals surface area contributed by atoms with Crippen LogP contribution in [0.2, 0.25) is 0 Å². The summed E-state index contributed by atoms with van der Waals surface area (Å²) < 4.78 is 4.82. The van der Waals surface area contributed by atoms with Gasteiger partial charge < -0.3 is 14.1 Å². The molecule has 0 aliphatic rings. The zero-order valence-corrected chi connectivity index (χ0v) is 11.2. The average molecular weight is 258 g/mol. The smallest absolute Gasteiger partial charge is 0.178 e. The second kappa shape index (κ2) is 4.10. The van der Waals surface area contributed by atoms with Crippen molar-refractivity contribution in [3.05, 3.63) is 46.8 Å². The normalized spacial score (nSPS) is 11.2. The number of H-pyrrole nitrogens is 1. The number of aryl methyl sites for hydroxylation is 2. The number of nitrogens with one attached hydrogen (secondary N) is 1. The molecule has 3 aromatic rings. The molecule has 1 N–H and O–H groups in total. The fraction of sp³-hybridized carbons (Fsp3) is 0.231. The number of aromatic nitrogens is 4. The van der Waals surface area contributed by atoms with Crippen LogP contribution >= 0.6 is 12.2 Å². The van der Waals surface area contributed by atoms with Gasteiger partial charge in [-0.15, -0.1) is 0 Å². The van der Waals surface area contributed by atoms with Gasteiger partial charge in [-0.25, -0.2) is 4.98 Å². The molecule has 0 saturated carbocycles. The van der Waals surface area contributed by atoms with Crippen LogP contribution in [0.1, 0.15) is 11.4 Å². The Labute approximate surface area is 110 Å². The Morgan fingerprint density at radius 1 is 1.39 bits per heavy atom. The Morgan fingerprint density at radius 2 is 2.22 bits per heavy atom. The van der Waals surface area contributed by atoms with Crippen LogP contribution in [0, 0.1) is 11.7 Å². The van der Waals surface area contributed by atoms with Gasteiger partial charge in [-0.3, -0.25) is 0 Å². The summed E-state index contributed by atoms with van der Waals surface area (Å²) in [6.07, 6.45) is 3.75. The number of fused-ring (bicyclic) bond motifs is 1. The Hall–Kier alpha value is -1.88. The average Bonchev–Trinajstić information content (AvgIpc) is 2.85. The zero-order valence-electron chi connectivity index (χ0n) is 10.3. The number of nitrogens with zero attached hydrogens (tertiary/aromatic N) is 3. The number of benzene rings is 1. The lowest BCUT2D eigenvalue weighted by molar-refractivity contribution is 0.707. The molecule has 18 heavy (non-hydrogen) atoms. The molecular formula is C13H14N4S. The molecule has 0 fully saturated rings. The van der Waals surface area contributed by atoms with Gasteiger partial charge in [-0.2, -0.15) is 0 Å². The van der Waals surface area contributed by atoms with Crippen molar-refractivity contribution in [1.29, 1.82) is 0 Å². The summed E-state index contributed by atoms with van der Waals surface area (Å²) in [5, 5.41) is 0. The molecule has 0 saturated heterocycles. The molecule has 5 heteroatoms. The maximum Gasteiger partial charge on any atom is 0.178 e. The van der Waals surface area contributed by atoms with E-state index in [2.05, 4.69) is 39.7 Å². The molecule has 0 aliphatic carbocycles. The largest absolute Gasteiger partial charge is 0.337 e. The summed E-state index contributed by atoms with van der Waals surface area (Å²) in [4.78, 5) is 7.58. The molecule has 0 amide bonds. The molecule has 2 heterocycles. The van der Waals surface area contributed by atoms with Crippen LogP contribution in [0.15, 0.2) is 30.6 Å². The van der Waals surface area contributed by atoms with E-state index in [1.165, 1.54) is 5.56 Å². The summed E-state index contributed by atoms with van der Waals surface area (Å²) in [5.41, 5.74) is 3.42. The molecule has 0 spiro atoms. The van der Waals surface area contributed by atoms with E-state index in [0.717, 1.165) is 21.6 Å². The van der Waals surface area contributed by atoms with Crippen molar-refractivity contribution in [2.75, 3.05) is 0 Å². The third-order valence-electron chi connectivity index (χ3n) is 3.15. The highest BCUT2D eigenvalue weighted by Gasteiger charge is 2.07. The predicted octanol–water partition coefficient (Wildman–Crippen LogP) is 2.79. The lowest BCUT2D eigenvalue weighted by atomic mass is 10.2. The van der Waals surface area contributed by atoms with Crippen molar-refractivity contribution in [2.24, 2.45) is 7.05 Å². The van der Waals surface area contributed by atoms with E-state index in [4.69, 9.17) is 12.2 Å². The lowest BCUT2D eigenvalue weighted by Crippen LogP contribution is -2.05. The van der Waals surface area contributed by atoms with Crippen molar-refractivity contribution in [3.8, 4) is 0 Å². The van der Waals surface area contributed by atoms with Gasteiger partial charge in [-0.1, -0.05) is 6.07 Å². The van der Waals surface area contributed by atoms with E-state index in [0.29, 0.717) is 6.54 Å². The van der Waals surface area contributed by atoms with E-state index in [1.54, 1.807) is 6.20 Å². The molecule has 1 aromatic carbocycles. The van der Waals surface area contributed by atoms with Gasteiger partial charge in [-0.05, 0) is 36.8 Å². The van der Waals surface area contributed by atoms with Gasteiger partial charge in [0.1, 0.15) is 5.82 Å². The Balaban J connectivity index is 2.15. The topological polar surface area (TPSA) is 38.5 Å². The summed E-state index contributed by atoms with van der Waals surface area (Å²) in [5.74, 6) is 0.993. The molecule has 2 aromatic heterocycles. The maximum atomic E-state index is 5.38. The molecule has 0 radical (unpaired) electrons. The van der Waals surface area contributed by atoms with E-state index in [9.17, 15) is 0 Å². The van der Waals surface area contributed by atoms with Crippen molar-refractivity contribution in [3.63, 3.8) is 0 Å². The van der Waals surface area contributed by atoms with E-state index in [-0.39, 0.29) is 0 Å². The van der Waals surface area contributed by atoms with Gasteiger partial charge in [0.15, 0.2) is 4.77 Å². The third-order valence-corrected chi connectivity index (χ3v) is 3.47. The number of hydrogen-bond donors (Lipinski definition) is 1. The summed E-state index contributed by atoms with van der Waals surface area (Å²) in [6.45, 7) is 2.76.